The average Bonchev–Trinajstić information content (AvgIpc) is 2.82. The van der Waals surface area contributed by atoms with E-state index in [1.165, 1.54) is 20.4 Å². The van der Waals surface area contributed by atoms with Gasteiger partial charge in [0.1, 0.15) is 5.75 Å². The van der Waals surface area contributed by atoms with Gasteiger partial charge in [0.2, 0.25) is 0 Å². The van der Waals surface area contributed by atoms with Crippen molar-refractivity contribution < 1.29 is 24.2 Å². The Labute approximate surface area is 191 Å². The van der Waals surface area contributed by atoms with Crippen molar-refractivity contribution in [2.24, 2.45) is 5.10 Å². The Morgan fingerprint density at radius 1 is 0.909 bits per heavy atom. The molecule has 8 nitrogen and oxygen atoms in total. The van der Waals surface area contributed by atoms with Crippen LogP contribution in [0.25, 0.3) is 0 Å². The van der Waals surface area contributed by atoms with Crippen molar-refractivity contribution in [3.63, 3.8) is 0 Å². The fourth-order valence-corrected chi connectivity index (χ4v) is 3.25. The summed E-state index contributed by atoms with van der Waals surface area (Å²) in [4.78, 5) is 25.5. The molecule has 0 heterocycles. The fourth-order valence-electron chi connectivity index (χ4n) is 3.25. The highest BCUT2D eigenvalue weighted by atomic mass is 16.5. The number of aryl methyl sites for hydroxylation is 2. The zero-order valence-electron chi connectivity index (χ0n) is 18.8. The summed E-state index contributed by atoms with van der Waals surface area (Å²) in [6.45, 7) is 3.57. The normalized spacial score (nSPS) is 10.7. The number of nitrogens with zero attached hydrogens (tertiary/aromatic N) is 1. The first-order valence-electron chi connectivity index (χ1n) is 10.1. The Balaban J connectivity index is 1.74. The van der Waals surface area contributed by atoms with Crippen LogP contribution in [-0.4, -0.2) is 37.4 Å². The topological polar surface area (TPSA) is 109 Å². The highest BCUT2D eigenvalue weighted by Gasteiger charge is 2.15. The van der Waals surface area contributed by atoms with Gasteiger partial charge in [0.15, 0.2) is 11.5 Å². The molecule has 3 rings (SSSR count). The van der Waals surface area contributed by atoms with Crippen LogP contribution in [0, 0.1) is 13.8 Å². The number of benzene rings is 3. The molecule has 2 amide bonds. The maximum absolute atomic E-state index is 12.8. The van der Waals surface area contributed by atoms with Crippen LogP contribution >= 0.6 is 0 Å². The fraction of sp³-hybridized carbons (Fsp3) is 0.160. The Hall–Kier alpha value is -4.33. The van der Waals surface area contributed by atoms with Gasteiger partial charge in [-0.2, -0.15) is 5.10 Å². The molecule has 0 aromatic heterocycles. The molecule has 0 atom stereocenters. The molecule has 0 saturated heterocycles. The summed E-state index contributed by atoms with van der Waals surface area (Å²) in [5.74, 6) is 0.266. The van der Waals surface area contributed by atoms with Gasteiger partial charge in [0, 0.05) is 5.56 Å². The first-order chi connectivity index (χ1) is 15.8. The number of amides is 2. The largest absolute Gasteiger partial charge is 0.507 e. The van der Waals surface area contributed by atoms with Gasteiger partial charge in [0.05, 0.1) is 31.7 Å². The number of aromatic hydroxyl groups is 1. The predicted molar refractivity (Wildman–Crippen MR) is 127 cm³/mol. The van der Waals surface area contributed by atoms with Gasteiger partial charge < -0.3 is 19.9 Å². The summed E-state index contributed by atoms with van der Waals surface area (Å²) in [5, 5.41) is 16.6. The van der Waals surface area contributed by atoms with Crippen molar-refractivity contribution in [2.75, 3.05) is 19.5 Å². The number of para-hydroxylation sites is 1. The van der Waals surface area contributed by atoms with Gasteiger partial charge in [-0.25, -0.2) is 5.43 Å². The quantitative estimate of drug-likeness (QED) is 0.374. The second-order valence-electron chi connectivity index (χ2n) is 7.27. The molecule has 0 aliphatic carbocycles. The third-order valence-corrected chi connectivity index (χ3v) is 4.96. The molecule has 0 saturated carbocycles. The lowest BCUT2D eigenvalue weighted by Crippen LogP contribution is -2.21. The minimum atomic E-state index is -0.485. The molecular weight excluding hydrogens is 422 g/mol. The summed E-state index contributed by atoms with van der Waals surface area (Å²) in [6.07, 6.45) is 1.49. The van der Waals surface area contributed by atoms with E-state index in [1.54, 1.807) is 68.4 Å². The third-order valence-electron chi connectivity index (χ3n) is 4.96. The van der Waals surface area contributed by atoms with Crippen LogP contribution in [0.3, 0.4) is 0 Å². The van der Waals surface area contributed by atoms with Crippen LogP contribution in [0.5, 0.6) is 17.2 Å². The number of rotatable bonds is 7. The van der Waals surface area contributed by atoms with E-state index in [4.69, 9.17) is 9.47 Å². The lowest BCUT2D eigenvalue weighted by molar-refractivity contribution is 0.0956. The zero-order chi connectivity index (χ0) is 24.0. The Kier molecular flexibility index (Phi) is 7.30. The monoisotopic (exact) mass is 447 g/mol. The minimum absolute atomic E-state index is 0.232. The van der Waals surface area contributed by atoms with Crippen LogP contribution in [0.4, 0.5) is 5.69 Å². The van der Waals surface area contributed by atoms with Crippen LogP contribution in [0.2, 0.25) is 0 Å². The molecule has 0 spiro atoms. The lowest BCUT2D eigenvalue weighted by atomic mass is 10.1. The number of carbonyl (C=O) groups excluding carboxylic acids is 2. The summed E-state index contributed by atoms with van der Waals surface area (Å²) in [6, 6.07) is 14.9. The number of carbonyl (C=O) groups is 2. The van der Waals surface area contributed by atoms with Gasteiger partial charge in [-0.05, 0) is 73.0 Å². The predicted octanol–water partition coefficient (Wildman–Crippen LogP) is 4.04. The van der Waals surface area contributed by atoms with Crippen molar-refractivity contribution in [2.45, 2.75) is 13.8 Å². The Bertz CT molecular complexity index is 1200. The first-order valence-corrected chi connectivity index (χ1v) is 10.1. The molecule has 0 radical (unpaired) electrons. The highest BCUT2D eigenvalue weighted by Crippen LogP contribution is 2.28. The number of phenolic OH excluding ortho intramolecular Hbond substituents is 1. The summed E-state index contributed by atoms with van der Waals surface area (Å²) in [7, 11) is 3.00. The Morgan fingerprint density at radius 3 is 2.24 bits per heavy atom. The number of hydrogen-bond acceptors (Lipinski definition) is 6. The maximum Gasteiger partial charge on any atom is 0.273 e. The van der Waals surface area contributed by atoms with Crippen LogP contribution < -0.4 is 20.2 Å². The highest BCUT2D eigenvalue weighted by molar-refractivity contribution is 6.09. The van der Waals surface area contributed by atoms with E-state index in [2.05, 4.69) is 15.8 Å². The van der Waals surface area contributed by atoms with E-state index in [9.17, 15) is 14.7 Å². The van der Waals surface area contributed by atoms with Crippen molar-refractivity contribution in [3.05, 3.63) is 82.4 Å². The van der Waals surface area contributed by atoms with E-state index < -0.39 is 11.8 Å². The minimum Gasteiger partial charge on any atom is -0.507 e. The van der Waals surface area contributed by atoms with E-state index in [0.717, 1.165) is 5.56 Å². The van der Waals surface area contributed by atoms with Gasteiger partial charge in [-0.3, -0.25) is 9.59 Å². The number of hydrazone groups is 1. The maximum atomic E-state index is 12.8. The van der Waals surface area contributed by atoms with Crippen molar-refractivity contribution in [3.8, 4) is 17.2 Å². The number of nitrogens with one attached hydrogen (secondary N) is 2. The zero-order valence-corrected chi connectivity index (χ0v) is 18.8. The number of anilines is 1. The second-order valence-corrected chi connectivity index (χ2v) is 7.27. The molecule has 3 N–H and O–H groups in total. The molecule has 8 heteroatoms. The number of phenols is 1. The smallest absolute Gasteiger partial charge is 0.273 e. The lowest BCUT2D eigenvalue weighted by Gasteiger charge is -2.12. The van der Waals surface area contributed by atoms with Gasteiger partial charge in [0.25, 0.3) is 11.8 Å². The number of methoxy groups -OCH3 is 2. The summed E-state index contributed by atoms with van der Waals surface area (Å²) in [5.41, 5.74) is 5.56. The van der Waals surface area contributed by atoms with Gasteiger partial charge in [-0.1, -0.05) is 12.1 Å². The molecule has 33 heavy (non-hydrogen) atoms. The molecule has 0 aliphatic heterocycles. The van der Waals surface area contributed by atoms with Crippen molar-refractivity contribution in [1.82, 2.24) is 5.43 Å². The van der Waals surface area contributed by atoms with Gasteiger partial charge in [-0.15, -0.1) is 0 Å². The summed E-state index contributed by atoms with van der Waals surface area (Å²) < 4.78 is 10.4. The average molecular weight is 447 g/mol. The number of ether oxygens (including phenoxy) is 2. The van der Waals surface area contributed by atoms with E-state index >= 15 is 0 Å². The van der Waals surface area contributed by atoms with Crippen molar-refractivity contribution >= 4 is 23.7 Å². The third kappa shape index (κ3) is 5.48. The molecule has 3 aromatic carbocycles. The molecule has 0 unspecified atom stereocenters. The summed E-state index contributed by atoms with van der Waals surface area (Å²) >= 11 is 0. The second kappa shape index (κ2) is 10.3. The first kappa shape index (κ1) is 23.3. The van der Waals surface area contributed by atoms with Crippen LogP contribution in [0.15, 0.2) is 59.7 Å². The SMILES string of the molecule is COc1ccc(C(=O)Nc2ccccc2C(=O)N/N=C/c2cc(C)c(O)c(C)c2)cc1OC. The van der Waals surface area contributed by atoms with Crippen LogP contribution in [-0.2, 0) is 0 Å². The van der Waals surface area contributed by atoms with E-state index in [0.29, 0.717) is 33.9 Å². The van der Waals surface area contributed by atoms with Gasteiger partial charge >= 0.3 is 0 Å². The number of hydrogen-bond donors (Lipinski definition) is 3. The molecule has 0 fully saturated rings. The van der Waals surface area contributed by atoms with Crippen LogP contribution in [0.1, 0.15) is 37.4 Å². The molecule has 3 aromatic rings. The van der Waals surface area contributed by atoms with E-state index in [-0.39, 0.29) is 11.3 Å². The standard InChI is InChI=1S/C25H25N3O5/c1-15-11-17(12-16(2)23(15)29)14-26-28-25(31)19-7-5-6-8-20(19)27-24(30)18-9-10-21(32-3)22(13-18)33-4/h5-14,29H,1-4H3,(H,27,30)(H,28,31)/b26-14+. The van der Waals surface area contributed by atoms with E-state index in [1.807, 2.05) is 0 Å². The molecular formula is C25H25N3O5. The Morgan fingerprint density at radius 2 is 1.58 bits per heavy atom. The molecule has 0 aliphatic rings. The van der Waals surface area contributed by atoms with Crippen molar-refractivity contribution in [1.29, 1.82) is 0 Å². The molecule has 170 valence electrons. The molecule has 0 bridgehead atoms.